The van der Waals surface area contributed by atoms with Crippen molar-refractivity contribution >= 4 is 28.7 Å². The largest absolute Gasteiger partial charge is 0.444 e. The molecule has 1 fully saturated rings. The third kappa shape index (κ3) is 3.58. The highest BCUT2D eigenvalue weighted by atomic mass is 127. The Morgan fingerprint density at radius 3 is 2.75 bits per heavy atom. The number of aromatic nitrogens is 2. The van der Waals surface area contributed by atoms with Gasteiger partial charge in [-0.15, -0.1) is 0 Å². The second-order valence-electron chi connectivity index (χ2n) is 5.80. The topological polar surface area (TPSA) is 58.2 Å². The number of nitrogens with one attached hydrogen (secondary N) is 1. The second kappa shape index (κ2) is 5.12. The van der Waals surface area contributed by atoms with Crippen molar-refractivity contribution in [2.45, 2.75) is 44.8 Å². The Bertz CT molecular complexity index is 513. The van der Waals surface area contributed by atoms with Crippen LogP contribution < -0.4 is 0 Å². The minimum atomic E-state index is -2.93. The Hall–Kier alpha value is -0.930. The molecule has 1 N–H and O–H groups in total. The van der Waals surface area contributed by atoms with Gasteiger partial charge < -0.3 is 9.72 Å². The maximum absolute atomic E-state index is 13.6. The van der Waals surface area contributed by atoms with Crippen molar-refractivity contribution in [1.29, 1.82) is 0 Å². The molecule has 1 saturated heterocycles. The van der Waals surface area contributed by atoms with Crippen molar-refractivity contribution < 1.29 is 18.3 Å². The third-order valence-electron chi connectivity index (χ3n) is 2.78. The molecule has 0 bridgehead atoms. The van der Waals surface area contributed by atoms with Crippen LogP contribution in [-0.4, -0.2) is 39.0 Å². The lowest BCUT2D eigenvalue weighted by Gasteiger charge is -2.27. The first-order chi connectivity index (χ1) is 9.07. The summed E-state index contributed by atoms with van der Waals surface area (Å²) in [6, 6.07) is -0.789. The molecule has 1 unspecified atom stereocenters. The van der Waals surface area contributed by atoms with Crippen LogP contribution in [0.5, 0.6) is 0 Å². The Labute approximate surface area is 129 Å². The summed E-state index contributed by atoms with van der Waals surface area (Å²) in [6.45, 7) is 4.45. The number of H-pyrrole nitrogens is 1. The van der Waals surface area contributed by atoms with E-state index < -0.39 is 36.6 Å². The first-order valence-electron chi connectivity index (χ1n) is 6.15. The lowest BCUT2D eigenvalue weighted by molar-refractivity contribution is -0.00248. The van der Waals surface area contributed by atoms with Crippen LogP contribution in [0.25, 0.3) is 0 Å². The van der Waals surface area contributed by atoms with Crippen LogP contribution in [-0.2, 0) is 4.74 Å². The number of hydrogen-bond acceptors (Lipinski definition) is 3. The SMILES string of the molecule is CC(C)(C)OC(=O)N1CC(F)(F)CC1c1ncc(I)[nH]1. The summed E-state index contributed by atoms with van der Waals surface area (Å²) in [5.41, 5.74) is -0.725. The average Bonchev–Trinajstić information content (AvgIpc) is 2.79. The van der Waals surface area contributed by atoms with E-state index in [0.717, 1.165) is 8.60 Å². The predicted octanol–water partition coefficient (Wildman–Crippen LogP) is 3.33. The fourth-order valence-electron chi connectivity index (χ4n) is 2.06. The van der Waals surface area contributed by atoms with Crippen molar-refractivity contribution in [3.05, 3.63) is 15.7 Å². The molecule has 0 radical (unpaired) electrons. The summed E-state index contributed by atoms with van der Waals surface area (Å²) in [5, 5.41) is 0. The molecule has 8 heteroatoms. The molecule has 1 amide bonds. The maximum Gasteiger partial charge on any atom is 0.411 e. The molecule has 0 aliphatic carbocycles. The Balaban J connectivity index is 2.22. The van der Waals surface area contributed by atoms with Crippen molar-refractivity contribution in [2.75, 3.05) is 6.54 Å². The van der Waals surface area contributed by atoms with Gasteiger partial charge in [0.05, 0.1) is 22.5 Å². The van der Waals surface area contributed by atoms with Gasteiger partial charge >= 0.3 is 6.09 Å². The molecule has 1 aliphatic rings. The van der Waals surface area contributed by atoms with E-state index in [1.165, 1.54) is 0 Å². The zero-order chi connectivity index (χ0) is 15.1. The van der Waals surface area contributed by atoms with Crippen LogP contribution in [0.4, 0.5) is 13.6 Å². The molecular weight excluding hydrogens is 383 g/mol. The lowest BCUT2D eigenvalue weighted by Crippen LogP contribution is -2.38. The quantitative estimate of drug-likeness (QED) is 0.738. The van der Waals surface area contributed by atoms with E-state index in [1.54, 1.807) is 27.0 Å². The summed E-state index contributed by atoms with van der Waals surface area (Å²) >= 11 is 2.00. The maximum atomic E-state index is 13.6. The normalized spacial score (nSPS) is 22.1. The smallest absolute Gasteiger partial charge is 0.411 e. The van der Waals surface area contributed by atoms with Crippen molar-refractivity contribution in [3.8, 4) is 0 Å². The number of imidazole rings is 1. The van der Waals surface area contributed by atoms with Gasteiger partial charge in [-0.2, -0.15) is 0 Å². The number of nitrogens with zero attached hydrogens (tertiary/aromatic N) is 2. The van der Waals surface area contributed by atoms with Gasteiger partial charge in [0, 0.05) is 6.42 Å². The fraction of sp³-hybridized carbons (Fsp3) is 0.667. The molecule has 1 aromatic heterocycles. The van der Waals surface area contributed by atoms with Crippen LogP contribution >= 0.6 is 22.6 Å². The van der Waals surface area contributed by atoms with Gasteiger partial charge in [-0.05, 0) is 43.4 Å². The zero-order valence-electron chi connectivity index (χ0n) is 11.4. The zero-order valence-corrected chi connectivity index (χ0v) is 13.6. The molecule has 2 heterocycles. The summed E-state index contributed by atoms with van der Waals surface area (Å²) in [5.74, 6) is -2.57. The van der Waals surface area contributed by atoms with Crippen molar-refractivity contribution in [1.82, 2.24) is 14.9 Å². The van der Waals surface area contributed by atoms with Gasteiger partial charge in [-0.1, -0.05) is 0 Å². The number of carbonyl (C=O) groups excluding carboxylic acids is 1. The number of aromatic amines is 1. The minimum Gasteiger partial charge on any atom is -0.444 e. The highest BCUT2D eigenvalue weighted by Crippen LogP contribution is 2.40. The number of alkyl halides is 2. The second-order valence-corrected chi connectivity index (χ2v) is 6.96. The number of ether oxygens (including phenoxy) is 1. The fourth-order valence-corrected chi connectivity index (χ4v) is 2.47. The highest BCUT2D eigenvalue weighted by Gasteiger charge is 2.49. The highest BCUT2D eigenvalue weighted by molar-refractivity contribution is 14.1. The summed E-state index contributed by atoms with van der Waals surface area (Å²) in [6.07, 6.45) is 0.348. The molecule has 0 spiro atoms. The van der Waals surface area contributed by atoms with Gasteiger partial charge in [-0.25, -0.2) is 18.6 Å². The molecule has 20 heavy (non-hydrogen) atoms. The first kappa shape index (κ1) is 15.5. The van der Waals surface area contributed by atoms with E-state index in [1.807, 2.05) is 22.6 Å². The number of likely N-dealkylation sites (tertiary alicyclic amines) is 1. The molecule has 1 atom stereocenters. The number of hydrogen-bond donors (Lipinski definition) is 1. The van der Waals surface area contributed by atoms with Crippen LogP contribution in [0.2, 0.25) is 0 Å². The van der Waals surface area contributed by atoms with Gasteiger partial charge in [0.15, 0.2) is 0 Å². The minimum absolute atomic E-state index is 0.359. The van der Waals surface area contributed by atoms with E-state index in [-0.39, 0.29) is 0 Å². The van der Waals surface area contributed by atoms with Gasteiger partial charge in [0.1, 0.15) is 11.4 Å². The van der Waals surface area contributed by atoms with Gasteiger partial charge in [0.2, 0.25) is 0 Å². The van der Waals surface area contributed by atoms with E-state index in [4.69, 9.17) is 4.74 Å². The average molecular weight is 399 g/mol. The Morgan fingerprint density at radius 2 is 2.25 bits per heavy atom. The van der Waals surface area contributed by atoms with E-state index in [2.05, 4.69) is 9.97 Å². The standard InChI is InChI=1S/C12H16F2IN3O2/c1-11(2,3)20-10(19)18-6-12(13,14)4-7(18)9-16-5-8(15)17-9/h5,7H,4,6H2,1-3H3,(H,16,17). The third-order valence-corrected chi connectivity index (χ3v) is 3.33. The van der Waals surface area contributed by atoms with Crippen LogP contribution in [0.1, 0.15) is 39.1 Å². The molecular formula is C12H16F2IN3O2. The Kier molecular flexibility index (Phi) is 3.96. The summed E-state index contributed by atoms with van der Waals surface area (Å²) in [4.78, 5) is 20.1. The first-order valence-corrected chi connectivity index (χ1v) is 7.23. The molecule has 1 aromatic rings. The van der Waals surface area contributed by atoms with Gasteiger partial charge in [0.25, 0.3) is 5.92 Å². The number of rotatable bonds is 1. The molecule has 5 nitrogen and oxygen atoms in total. The van der Waals surface area contributed by atoms with Crippen LogP contribution in [0.15, 0.2) is 6.20 Å². The molecule has 112 valence electrons. The summed E-state index contributed by atoms with van der Waals surface area (Å²) in [7, 11) is 0. The predicted molar refractivity (Wildman–Crippen MR) is 76.5 cm³/mol. The Morgan fingerprint density at radius 1 is 1.60 bits per heavy atom. The van der Waals surface area contributed by atoms with Gasteiger partial charge in [-0.3, -0.25) is 4.90 Å². The van der Waals surface area contributed by atoms with E-state index in [0.29, 0.717) is 5.82 Å². The number of halogens is 3. The van der Waals surface area contributed by atoms with E-state index in [9.17, 15) is 13.6 Å². The van der Waals surface area contributed by atoms with E-state index >= 15 is 0 Å². The molecule has 2 rings (SSSR count). The molecule has 0 saturated carbocycles. The van der Waals surface area contributed by atoms with Crippen molar-refractivity contribution in [2.24, 2.45) is 0 Å². The van der Waals surface area contributed by atoms with Crippen molar-refractivity contribution in [3.63, 3.8) is 0 Å². The monoisotopic (exact) mass is 399 g/mol. The lowest BCUT2D eigenvalue weighted by atomic mass is 10.2. The molecule has 0 aromatic carbocycles. The summed E-state index contributed by atoms with van der Waals surface area (Å²) < 4.78 is 33.2. The van der Waals surface area contributed by atoms with Crippen LogP contribution in [0, 0.1) is 3.70 Å². The number of carbonyl (C=O) groups is 1. The number of amides is 1. The van der Waals surface area contributed by atoms with Crippen LogP contribution in [0.3, 0.4) is 0 Å². The molecule has 1 aliphatic heterocycles.